The SMILES string of the molecule is Cc1nc(Cc2nc(Cl)cc(C(C)C)n2)cs1. The summed E-state index contributed by atoms with van der Waals surface area (Å²) in [5, 5.41) is 3.60. The van der Waals surface area contributed by atoms with Crippen molar-refractivity contribution in [2.75, 3.05) is 0 Å². The number of hydrogen-bond acceptors (Lipinski definition) is 4. The maximum atomic E-state index is 6.00. The molecule has 0 amide bonds. The van der Waals surface area contributed by atoms with Crippen LogP contribution >= 0.6 is 22.9 Å². The third kappa shape index (κ3) is 3.23. The van der Waals surface area contributed by atoms with E-state index in [0.717, 1.165) is 22.2 Å². The molecule has 0 aliphatic rings. The van der Waals surface area contributed by atoms with Gasteiger partial charge in [-0.05, 0) is 18.9 Å². The Bertz CT molecular complexity index is 522. The highest BCUT2D eigenvalue weighted by Crippen LogP contribution is 2.17. The molecule has 0 saturated carbocycles. The molecule has 0 aromatic carbocycles. The van der Waals surface area contributed by atoms with E-state index in [4.69, 9.17) is 11.6 Å². The number of nitrogens with zero attached hydrogens (tertiary/aromatic N) is 3. The molecule has 2 aromatic heterocycles. The maximum absolute atomic E-state index is 6.00. The average Bonchev–Trinajstić information content (AvgIpc) is 2.63. The molecule has 17 heavy (non-hydrogen) atoms. The topological polar surface area (TPSA) is 38.7 Å². The average molecular weight is 268 g/mol. The van der Waals surface area contributed by atoms with Gasteiger partial charge in [0.05, 0.1) is 17.1 Å². The Hall–Kier alpha value is -1.00. The fourth-order valence-corrected chi connectivity index (χ4v) is 2.33. The molecule has 90 valence electrons. The van der Waals surface area contributed by atoms with E-state index in [-0.39, 0.29) is 0 Å². The summed E-state index contributed by atoms with van der Waals surface area (Å²) in [6.07, 6.45) is 0.643. The van der Waals surface area contributed by atoms with Crippen LogP contribution in [-0.4, -0.2) is 15.0 Å². The molecule has 0 saturated heterocycles. The van der Waals surface area contributed by atoms with Crippen LogP contribution in [0.15, 0.2) is 11.4 Å². The number of thiazole rings is 1. The smallest absolute Gasteiger partial charge is 0.136 e. The number of aryl methyl sites for hydroxylation is 1. The van der Waals surface area contributed by atoms with E-state index in [1.807, 2.05) is 18.4 Å². The second kappa shape index (κ2) is 5.10. The van der Waals surface area contributed by atoms with E-state index < -0.39 is 0 Å². The minimum Gasteiger partial charge on any atom is -0.246 e. The van der Waals surface area contributed by atoms with Gasteiger partial charge >= 0.3 is 0 Å². The zero-order valence-electron chi connectivity index (χ0n) is 10.1. The molecule has 2 rings (SSSR count). The lowest BCUT2D eigenvalue weighted by molar-refractivity contribution is 0.789. The minimum absolute atomic E-state index is 0.353. The summed E-state index contributed by atoms with van der Waals surface area (Å²) in [6, 6.07) is 1.82. The lowest BCUT2D eigenvalue weighted by Crippen LogP contribution is -2.02. The fraction of sp³-hybridized carbons (Fsp3) is 0.417. The molecular weight excluding hydrogens is 254 g/mol. The molecule has 0 atom stereocenters. The van der Waals surface area contributed by atoms with Crippen LogP contribution < -0.4 is 0 Å². The highest BCUT2D eigenvalue weighted by molar-refractivity contribution is 7.09. The minimum atomic E-state index is 0.353. The normalized spacial score (nSPS) is 11.1. The van der Waals surface area contributed by atoms with Crippen molar-refractivity contribution in [1.29, 1.82) is 0 Å². The van der Waals surface area contributed by atoms with Crippen LogP contribution in [0, 0.1) is 6.92 Å². The maximum Gasteiger partial charge on any atom is 0.136 e. The molecule has 0 fully saturated rings. The Labute approximate surface area is 110 Å². The predicted molar refractivity (Wildman–Crippen MR) is 70.8 cm³/mol. The molecule has 0 radical (unpaired) electrons. The Morgan fingerprint density at radius 3 is 2.65 bits per heavy atom. The van der Waals surface area contributed by atoms with Crippen molar-refractivity contribution in [2.45, 2.75) is 33.1 Å². The third-order valence-corrected chi connectivity index (χ3v) is 3.37. The van der Waals surface area contributed by atoms with Crippen molar-refractivity contribution in [1.82, 2.24) is 15.0 Å². The molecule has 0 spiro atoms. The summed E-state index contributed by atoms with van der Waals surface area (Å²) in [7, 11) is 0. The number of aromatic nitrogens is 3. The highest BCUT2D eigenvalue weighted by Gasteiger charge is 2.08. The largest absolute Gasteiger partial charge is 0.246 e. The van der Waals surface area contributed by atoms with Crippen LogP contribution in [0.1, 0.15) is 42.0 Å². The lowest BCUT2D eigenvalue weighted by atomic mass is 10.1. The summed E-state index contributed by atoms with van der Waals surface area (Å²) in [4.78, 5) is 13.2. The van der Waals surface area contributed by atoms with E-state index in [9.17, 15) is 0 Å². The van der Waals surface area contributed by atoms with Gasteiger partial charge in [0.15, 0.2) is 0 Å². The van der Waals surface area contributed by atoms with Crippen molar-refractivity contribution in [3.63, 3.8) is 0 Å². The summed E-state index contributed by atoms with van der Waals surface area (Å²) >= 11 is 7.64. The Morgan fingerprint density at radius 2 is 2.06 bits per heavy atom. The monoisotopic (exact) mass is 267 g/mol. The van der Waals surface area contributed by atoms with Gasteiger partial charge in [0, 0.05) is 11.1 Å². The van der Waals surface area contributed by atoms with Crippen LogP contribution in [0.25, 0.3) is 0 Å². The van der Waals surface area contributed by atoms with E-state index in [1.54, 1.807) is 11.3 Å². The molecule has 5 heteroatoms. The van der Waals surface area contributed by atoms with Crippen LogP contribution in [-0.2, 0) is 6.42 Å². The van der Waals surface area contributed by atoms with Crippen molar-refractivity contribution < 1.29 is 0 Å². The first-order valence-electron chi connectivity index (χ1n) is 5.49. The Morgan fingerprint density at radius 1 is 1.29 bits per heavy atom. The van der Waals surface area contributed by atoms with Gasteiger partial charge in [0.1, 0.15) is 11.0 Å². The first-order valence-corrected chi connectivity index (χ1v) is 6.74. The number of rotatable bonds is 3. The zero-order valence-corrected chi connectivity index (χ0v) is 11.6. The Kier molecular flexibility index (Phi) is 3.74. The summed E-state index contributed by atoms with van der Waals surface area (Å²) in [5.74, 6) is 1.10. The van der Waals surface area contributed by atoms with Crippen LogP contribution in [0.3, 0.4) is 0 Å². The number of halogens is 1. The summed E-state index contributed by atoms with van der Waals surface area (Å²) in [6.45, 7) is 6.18. The molecule has 0 unspecified atom stereocenters. The molecular formula is C12H14ClN3S. The van der Waals surface area contributed by atoms with Gasteiger partial charge in [-0.3, -0.25) is 0 Å². The van der Waals surface area contributed by atoms with Crippen molar-refractivity contribution >= 4 is 22.9 Å². The fourth-order valence-electron chi connectivity index (χ4n) is 1.51. The molecule has 2 heterocycles. The summed E-state index contributed by atoms with van der Waals surface area (Å²) in [5.41, 5.74) is 1.98. The van der Waals surface area contributed by atoms with E-state index >= 15 is 0 Å². The van der Waals surface area contributed by atoms with Gasteiger partial charge in [0.2, 0.25) is 0 Å². The van der Waals surface area contributed by atoms with Crippen LogP contribution in [0.4, 0.5) is 0 Å². The van der Waals surface area contributed by atoms with E-state index in [2.05, 4.69) is 28.8 Å². The highest BCUT2D eigenvalue weighted by atomic mass is 35.5. The summed E-state index contributed by atoms with van der Waals surface area (Å²) < 4.78 is 0. The van der Waals surface area contributed by atoms with E-state index in [1.165, 1.54) is 0 Å². The predicted octanol–water partition coefficient (Wildman–Crippen LogP) is 3.61. The standard InChI is InChI=1S/C12H14ClN3S/c1-7(2)10-5-11(13)16-12(15-10)4-9-6-17-8(3)14-9/h5-7H,4H2,1-3H3. The quantitative estimate of drug-likeness (QED) is 0.798. The molecule has 2 aromatic rings. The van der Waals surface area contributed by atoms with Crippen LogP contribution in [0.2, 0.25) is 5.15 Å². The van der Waals surface area contributed by atoms with Gasteiger partial charge in [-0.15, -0.1) is 11.3 Å². The molecule has 0 bridgehead atoms. The Balaban J connectivity index is 2.26. The first-order chi connectivity index (χ1) is 8.04. The van der Waals surface area contributed by atoms with Gasteiger partial charge < -0.3 is 0 Å². The molecule has 0 N–H and O–H groups in total. The van der Waals surface area contributed by atoms with Gasteiger partial charge in [-0.25, -0.2) is 15.0 Å². The number of hydrogen-bond donors (Lipinski definition) is 0. The molecule has 0 aliphatic carbocycles. The van der Waals surface area contributed by atoms with Crippen LogP contribution in [0.5, 0.6) is 0 Å². The molecule has 3 nitrogen and oxygen atoms in total. The van der Waals surface area contributed by atoms with Gasteiger partial charge in [-0.2, -0.15) is 0 Å². The second-order valence-corrected chi connectivity index (χ2v) is 5.67. The lowest BCUT2D eigenvalue weighted by Gasteiger charge is -2.06. The third-order valence-electron chi connectivity index (χ3n) is 2.36. The van der Waals surface area contributed by atoms with Crippen molar-refractivity contribution in [3.8, 4) is 0 Å². The van der Waals surface area contributed by atoms with E-state index in [0.29, 0.717) is 17.5 Å². The van der Waals surface area contributed by atoms with Crippen molar-refractivity contribution in [2.24, 2.45) is 0 Å². The zero-order chi connectivity index (χ0) is 12.4. The first kappa shape index (κ1) is 12.5. The van der Waals surface area contributed by atoms with Gasteiger partial charge in [0.25, 0.3) is 0 Å². The molecule has 0 aliphatic heterocycles. The van der Waals surface area contributed by atoms with Gasteiger partial charge in [-0.1, -0.05) is 25.4 Å². The second-order valence-electron chi connectivity index (χ2n) is 4.22. The van der Waals surface area contributed by atoms with Crippen molar-refractivity contribution in [3.05, 3.63) is 38.8 Å².